The van der Waals surface area contributed by atoms with E-state index >= 15 is 0 Å². The first kappa shape index (κ1) is 14.6. The van der Waals surface area contributed by atoms with Gasteiger partial charge in [-0.15, -0.1) is 11.6 Å². The number of alkyl halides is 1. The number of imidazole rings is 1. The highest BCUT2D eigenvalue weighted by molar-refractivity contribution is 6.16. The summed E-state index contributed by atoms with van der Waals surface area (Å²) < 4.78 is 13.1. The van der Waals surface area contributed by atoms with Crippen molar-refractivity contribution in [3.63, 3.8) is 0 Å². The van der Waals surface area contributed by atoms with E-state index in [1.165, 1.54) is 0 Å². The van der Waals surface area contributed by atoms with Crippen molar-refractivity contribution in [2.45, 2.75) is 18.5 Å². The highest BCUT2D eigenvalue weighted by Crippen LogP contribution is 2.20. The minimum absolute atomic E-state index is 0.121. The van der Waals surface area contributed by atoms with E-state index in [-0.39, 0.29) is 6.10 Å². The number of rotatable bonds is 4. The Balaban J connectivity index is 1.94. The molecule has 0 amide bonds. The second kappa shape index (κ2) is 6.17. The van der Waals surface area contributed by atoms with Gasteiger partial charge in [0.1, 0.15) is 11.3 Å². The van der Waals surface area contributed by atoms with E-state index in [1.807, 2.05) is 16.7 Å². The zero-order chi connectivity index (χ0) is 14.8. The molecule has 6 nitrogen and oxygen atoms in total. The Morgan fingerprint density at radius 2 is 2.29 bits per heavy atom. The van der Waals surface area contributed by atoms with Gasteiger partial charge in [0, 0.05) is 19.2 Å². The van der Waals surface area contributed by atoms with Gasteiger partial charge < -0.3 is 18.9 Å². The number of aromatic nitrogens is 3. The van der Waals surface area contributed by atoms with Crippen molar-refractivity contribution in [3.8, 4) is 5.88 Å². The summed E-state index contributed by atoms with van der Waals surface area (Å²) in [6, 6.07) is 3.71. The molecular weight excluding hydrogens is 292 g/mol. The Bertz CT molecular complexity index is 631. The third-order valence-electron chi connectivity index (χ3n) is 3.70. The number of ether oxygens (including phenoxy) is 2. The van der Waals surface area contributed by atoms with Crippen molar-refractivity contribution in [2.24, 2.45) is 0 Å². The van der Waals surface area contributed by atoms with Crippen molar-refractivity contribution in [2.75, 3.05) is 33.9 Å². The number of halogens is 1. The Morgan fingerprint density at radius 1 is 1.43 bits per heavy atom. The number of nitrogens with zero attached hydrogens (tertiary/aromatic N) is 4. The summed E-state index contributed by atoms with van der Waals surface area (Å²) in [6.45, 7) is 3.31. The largest absolute Gasteiger partial charge is 0.481 e. The van der Waals surface area contributed by atoms with Crippen LogP contribution in [0.2, 0.25) is 0 Å². The van der Waals surface area contributed by atoms with Gasteiger partial charge in [-0.3, -0.25) is 0 Å². The van der Waals surface area contributed by atoms with Gasteiger partial charge in [0.2, 0.25) is 5.88 Å². The summed E-state index contributed by atoms with van der Waals surface area (Å²) in [7, 11) is 3.71. The number of hydrogen-bond donors (Lipinski definition) is 0. The molecule has 7 heteroatoms. The van der Waals surface area contributed by atoms with Gasteiger partial charge in [0.05, 0.1) is 32.2 Å². The first-order valence-electron chi connectivity index (χ1n) is 6.97. The number of pyridine rings is 1. The molecule has 0 bridgehead atoms. The molecule has 114 valence electrons. The molecule has 3 heterocycles. The van der Waals surface area contributed by atoms with Crippen LogP contribution in [0.5, 0.6) is 5.88 Å². The maximum absolute atomic E-state index is 6.03. The van der Waals surface area contributed by atoms with Crippen LogP contribution in [-0.2, 0) is 17.2 Å². The van der Waals surface area contributed by atoms with Gasteiger partial charge >= 0.3 is 0 Å². The van der Waals surface area contributed by atoms with Crippen molar-refractivity contribution < 1.29 is 9.47 Å². The molecule has 0 saturated carbocycles. The van der Waals surface area contributed by atoms with Gasteiger partial charge in [-0.25, -0.2) is 4.98 Å². The highest BCUT2D eigenvalue weighted by atomic mass is 35.5. The molecule has 3 rings (SSSR count). The second-order valence-corrected chi connectivity index (χ2v) is 5.49. The summed E-state index contributed by atoms with van der Waals surface area (Å²) in [5.74, 6) is 1.73. The van der Waals surface area contributed by atoms with Crippen LogP contribution in [0.4, 0.5) is 0 Å². The fourth-order valence-corrected chi connectivity index (χ4v) is 2.82. The third kappa shape index (κ3) is 2.97. The lowest BCUT2D eigenvalue weighted by Crippen LogP contribution is -2.42. The van der Waals surface area contributed by atoms with E-state index < -0.39 is 0 Å². The van der Waals surface area contributed by atoms with Gasteiger partial charge in [-0.2, -0.15) is 4.98 Å². The van der Waals surface area contributed by atoms with E-state index in [2.05, 4.69) is 21.9 Å². The topological polar surface area (TPSA) is 52.4 Å². The van der Waals surface area contributed by atoms with Gasteiger partial charge in [0.15, 0.2) is 5.65 Å². The third-order valence-corrected chi connectivity index (χ3v) is 3.94. The van der Waals surface area contributed by atoms with Gasteiger partial charge in [0.25, 0.3) is 0 Å². The predicted molar refractivity (Wildman–Crippen MR) is 80.9 cm³/mol. The molecule has 1 aliphatic heterocycles. The zero-order valence-corrected chi connectivity index (χ0v) is 13.0. The second-order valence-electron chi connectivity index (χ2n) is 5.22. The molecule has 21 heavy (non-hydrogen) atoms. The van der Waals surface area contributed by atoms with Crippen molar-refractivity contribution in [1.82, 2.24) is 19.4 Å². The Labute approximate surface area is 128 Å². The first-order chi connectivity index (χ1) is 10.2. The Morgan fingerprint density at radius 3 is 3.00 bits per heavy atom. The van der Waals surface area contributed by atoms with Crippen molar-refractivity contribution in [3.05, 3.63) is 18.0 Å². The molecule has 1 unspecified atom stereocenters. The quantitative estimate of drug-likeness (QED) is 0.801. The number of hydrogen-bond acceptors (Lipinski definition) is 5. The molecule has 2 aromatic heterocycles. The fourth-order valence-electron chi connectivity index (χ4n) is 2.62. The molecule has 0 radical (unpaired) electrons. The van der Waals surface area contributed by atoms with Crippen LogP contribution in [0, 0.1) is 0 Å². The lowest BCUT2D eigenvalue weighted by atomic mass is 10.3. The van der Waals surface area contributed by atoms with Gasteiger partial charge in [-0.1, -0.05) is 0 Å². The van der Waals surface area contributed by atoms with Crippen LogP contribution in [0.25, 0.3) is 11.2 Å². The fraction of sp³-hybridized carbons (Fsp3) is 0.571. The zero-order valence-electron chi connectivity index (χ0n) is 12.3. The van der Waals surface area contributed by atoms with E-state index in [0.29, 0.717) is 18.3 Å². The maximum Gasteiger partial charge on any atom is 0.215 e. The van der Waals surface area contributed by atoms with E-state index in [0.717, 1.165) is 36.7 Å². The van der Waals surface area contributed by atoms with Crippen LogP contribution in [0.3, 0.4) is 0 Å². The molecule has 0 N–H and O–H groups in total. The highest BCUT2D eigenvalue weighted by Gasteiger charge is 2.21. The molecule has 0 spiro atoms. The molecule has 0 aromatic carbocycles. The number of morpholine rings is 1. The summed E-state index contributed by atoms with van der Waals surface area (Å²) in [5, 5.41) is 0. The average molecular weight is 311 g/mol. The monoisotopic (exact) mass is 310 g/mol. The molecule has 1 aliphatic rings. The van der Waals surface area contributed by atoms with Crippen molar-refractivity contribution >= 4 is 22.8 Å². The molecule has 1 fully saturated rings. The molecule has 1 saturated heterocycles. The number of methoxy groups -OCH3 is 1. The molecule has 2 aromatic rings. The molecule has 1 atom stereocenters. The summed E-state index contributed by atoms with van der Waals surface area (Å²) >= 11 is 6.03. The molecular formula is C14H19ClN4O2. The normalized spacial score (nSPS) is 20.0. The average Bonchev–Trinajstić information content (AvgIpc) is 2.84. The smallest absolute Gasteiger partial charge is 0.215 e. The van der Waals surface area contributed by atoms with Crippen LogP contribution < -0.4 is 4.74 Å². The minimum atomic E-state index is 0.121. The Hall–Kier alpha value is -1.37. The Kier molecular flexibility index (Phi) is 4.28. The minimum Gasteiger partial charge on any atom is -0.481 e. The predicted octanol–water partition coefficient (Wildman–Crippen LogP) is 1.51. The van der Waals surface area contributed by atoms with Crippen LogP contribution in [0.1, 0.15) is 5.82 Å². The lowest BCUT2D eigenvalue weighted by Gasteiger charge is -2.30. The number of fused-ring (bicyclic) bond motifs is 1. The van der Waals surface area contributed by atoms with E-state index in [9.17, 15) is 0 Å². The lowest BCUT2D eigenvalue weighted by molar-refractivity contribution is -0.0273. The van der Waals surface area contributed by atoms with Crippen LogP contribution in [0.15, 0.2) is 12.1 Å². The van der Waals surface area contributed by atoms with Gasteiger partial charge in [-0.05, 0) is 13.1 Å². The van der Waals surface area contributed by atoms with Crippen LogP contribution >= 0.6 is 11.6 Å². The SMILES string of the molecule is COc1ccc2nc(CCl)n(CC3CN(C)CCO3)c2n1. The van der Waals surface area contributed by atoms with E-state index in [4.69, 9.17) is 21.1 Å². The summed E-state index contributed by atoms with van der Waals surface area (Å²) in [6.07, 6.45) is 0.121. The standard InChI is InChI=1S/C14H19ClN4O2/c1-18-5-6-21-10(8-18)9-19-12(7-15)16-11-3-4-13(20-2)17-14(11)19/h3-4,10H,5-9H2,1-2H3. The summed E-state index contributed by atoms with van der Waals surface area (Å²) in [4.78, 5) is 11.3. The summed E-state index contributed by atoms with van der Waals surface area (Å²) in [5.41, 5.74) is 1.62. The maximum atomic E-state index is 6.03. The van der Waals surface area contributed by atoms with E-state index in [1.54, 1.807) is 7.11 Å². The number of likely N-dealkylation sites (N-methyl/N-ethyl adjacent to an activating group) is 1. The molecule has 0 aliphatic carbocycles. The van der Waals surface area contributed by atoms with Crippen LogP contribution in [-0.4, -0.2) is 59.4 Å². The van der Waals surface area contributed by atoms with Crippen molar-refractivity contribution in [1.29, 1.82) is 0 Å². The first-order valence-corrected chi connectivity index (χ1v) is 7.51.